The Balaban J connectivity index is 1.62. The first-order valence-corrected chi connectivity index (χ1v) is 9.51. The standard InChI is InChI=1S/C20H19N3O3S/c1-25-18-4-3-13(8-19(18)26-2)14-7-15-10-23(6-5-16(15)21-9-14)20(24)17-11-27-12-22-17/h3-4,7-9,11-12H,5-6,10H2,1-2H3. The fourth-order valence-corrected chi connectivity index (χ4v) is 3.78. The van der Waals surface area contributed by atoms with Crippen LogP contribution < -0.4 is 9.47 Å². The first-order valence-electron chi connectivity index (χ1n) is 8.57. The molecule has 1 aromatic carbocycles. The molecule has 0 unspecified atom stereocenters. The Bertz CT molecular complexity index is 973. The highest BCUT2D eigenvalue weighted by Crippen LogP contribution is 2.33. The zero-order chi connectivity index (χ0) is 18.8. The van der Waals surface area contributed by atoms with Gasteiger partial charge in [-0.05, 0) is 29.3 Å². The van der Waals surface area contributed by atoms with Crippen molar-refractivity contribution in [3.05, 3.63) is 58.3 Å². The van der Waals surface area contributed by atoms with Gasteiger partial charge in [0.15, 0.2) is 11.5 Å². The number of pyridine rings is 1. The molecule has 1 aliphatic heterocycles. The normalized spacial score (nSPS) is 13.2. The van der Waals surface area contributed by atoms with Gasteiger partial charge in [-0.25, -0.2) is 4.98 Å². The fraction of sp³-hybridized carbons (Fsp3) is 0.250. The molecule has 1 aliphatic rings. The number of ether oxygens (including phenoxy) is 2. The Morgan fingerprint density at radius 2 is 1.96 bits per heavy atom. The van der Waals surface area contributed by atoms with Crippen LogP contribution in [0.3, 0.4) is 0 Å². The minimum atomic E-state index is -0.0292. The van der Waals surface area contributed by atoms with Crippen molar-refractivity contribution in [1.82, 2.24) is 14.9 Å². The molecule has 0 aliphatic carbocycles. The highest BCUT2D eigenvalue weighted by molar-refractivity contribution is 7.07. The molecule has 0 fully saturated rings. The average molecular weight is 381 g/mol. The predicted molar refractivity (Wildman–Crippen MR) is 103 cm³/mol. The van der Waals surface area contributed by atoms with Crippen molar-refractivity contribution in [2.45, 2.75) is 13.0 Å². The molecule has 7 heteroatoms. The van der Waals surface area contributed by atoms with Crippen LogP contribution in [0.4, 0.5) is 0 Å². The highest BCUT2D eigenvalue weighted by Gasteiger charge is 2.24. The van der Waals surface area contributed by atoms with E-state index in [0.29, 0.717) is 30.3 Å². The third-order valence-electron chi connectivity index (χ3n) is 4.70. The molecule has 2 aromatic heterocycles. The summed E-state index contributed by atoms with van der Waals surface area (Å²) in [4.78, 5) is 23.2. The van der Waals surface area contributed by atoms with Gasteiger partial charge in [-0.3, -0.25) is 9.78 Å². The number of carbonyl (C=O) groups is 1. The summed E-state index contributed by atoms with van der Waals surface area (Å²) in [5.41, 5.74) is 6.27. The van der Waals surface area contributed by atoms with Gasteiger partial charge in [0.1, 0.15) is 5.69 Å². The summed E-state index contributed by atoms with van der Waals surface area (Å²) >= 11 is 1.43. The lowest BCUT2D eigenvalue weighted by Crippen LogP contribution is -2.36. The number of nitrogens with zero attached hydrogens (tertiary/aromatic N) is 3. The van der Waals surface area contributed by atoms with Crippen molar-refractivity contribution in [2.24, 2.45) is 0 Å². The Hall–Kier alpha value is -2.93. The minimum Gasteiger partial charge on any atom is -0.493 e. The molecule has 4 rings (SSSR count). The fourth-order valence-electron chi connectivity index (χ4n) is 3.25. The Morgan fingerprint density at radius 1 is 1.11 bits per heavy atom. The molecule has 0 spiro atoms. The van der Waals surface area contributed by atoms with Crippen molar-refractivity contribution in [3.63, 3.8) is 0 Å². The average Bonchev–Trinajstić information content (AvgIpc) is 3.26. The van der Waals surface area contributed by atoms with E-state index in [2.05, 4.69) is 16.0 Å². The molecule has 1 amide bonds. The summed E-state index contributed by atoms with van der Waals surface area (Å²) in [5.74, 6) is 1.33. The van der Waals surface area contributed by atoms with Gasteiger partial charge in [-0.15, -0.1) is 11.3 Å². The van der Waals surface area contributed by atoms with E-state index in [1.54, 1.807) is 25.1 Å². The predicted octanol–water partition coefficient (Wildman–Crippen LogP) is 3.42. The van der Waals surface area contributed by atoms with Gasteiger partial charge in [0.05, 0.1) is 19.7 Å². The van der Waals surface area contributed by atoms with Crippen molar-refractivity contribution in [3.8, 4) is 22.6 Å². The molecule has 6 nitrogen and oxygen atoms in total. The quantitative estimate of drug-likeness (QED) is 0.693. The van der Waals surface area contributed by atoms with Crippen LogP contribution >= 0.6 is 11.3 Å². The molecule has 27 heavy (non-hydrogen) atoms. The van der Waals surface area contributed by atoms with Crippen LogP contribution in [0.1, 0.15) is 21.7 Å². The number of thiazole rings is 1. The van der Waals surface area contributed by atoms with Crippen LogP contribution in [0.2, 0.25) is 0 Å². The number of aromatic nitrogens is 2. The highest BCUT2D eigenvalue weighted by atomic mass is 32.1. The van der Waals surface area contributed by atoms with Crippen molar-refractivity contribution in [2.75, 3.05) is 20.8 Å². The molecule has 0 radical (unpaired) electrons. The lowest BCUT2D eigenvalue weighted by molar-refractivity contribution is 0.0728. The van der Waals surface area contributed by atoms with Gasteiger partial charge in [0.25, 0.3) is 5.91 Å². The molecule has 0 saturated carbocycles. The maximum absolute atomic E-state index is 12.6. The van der Waals surface area contributed by atoms with Crippen LogP contribution in [0.25, 0.3) is 11.1 Å². The molecular formula is C20H19N3O3S. The van der Waals surface area contributed by atoms with Crippen LogP contribution in [0.15, 0.2) is 41.4 Å². The van der Waals surface area contributed by atoms with Crippen LogP contribution in [-0.2, 0) is 13.0 Å². The second-order valence-corrected chi connectivity index (χ2v) is 6.97. The maximum Gasteiger partial charge on any atom is 0.273 e. The summed E-state index contributed by atoms with van der Waals surface area (Å²) in [7, 11) is 3.24. The zero-order valence-electron chi connectivity index (χ0n) is 15.1. The van der Waals surface area contributed by atoms with Gasteiger partial charge in [0, 0.05) is 42.3 Å². The topological polar surface area (TPSA) is 64.5 Å². The minimum absolute atomic E-state index is 0.0292. The van der Waals surface area contributed by atoms with E-state index < -0.39 is 0 Å². The summed E-state index contributed by atoms with van der Waals surface area (Å²) in [6, 6.07) is 7.89. The van der Waals surface area contributed by atoms with E-state index in [9.17, 15) is 4.79 Å². The second-order valence-electron chi connectivity index (χ2n) is 6.25. The van der Waals surface area contributed by atoms with E-state index in [1.165, 1.54) is 11.3 Å². The summed E-state index contributed by atoms with van der Waals surface area (Å²) in [6.07, 6.45) is 2.62. The van der Waals surface area contributed by atoms with Crippen molar-refractivity contribution >= 4 is 17.2 Å². The number of benzene rings is 1. The molecule has 0 N–H and O–H groups in total. The summed E-state index contributed by atoms with van der Waals surface area (Å²) in [5, 5.41) is 1.79. The van der Waals surface area contributed by atoms with E-state index in [4.69, 9.17) is 9.47 Å². The van der Waals surface area contributed by atoms with E-state index >= 15 is 0 Å². The first-order chi connectivity index (χ1) is 13.2. The van der Waals surface area contributed by atoms with Gasteiger partial charge < -0.3 is 14.4 Å². The number of carbonyl (C=O) groups excluding carboxylic acids is 1. The first kappa shape index (κ1) is 17.5. The number of methoxy groups -OCH3 is 2. The van der Waals surface area contributed by atoms with Gasteiger partial charge in [-0.1, -0.05) is 6.07 Å². The van der Waals surface area contributed by atoms with Crippen LogP contribution in [0.5, 0.6) is 11.5 Å². The second kappa shape index (κ2) is 7.36. The number of fused-ring (bicyclic) bond motifs is 1. The molecule has 0 bridgehead atoms. The molecule has 0 saturated heterocycles. The molecule has 0 atom stereocenters. The van der Waals surface area contributed by atoms with Crippen molar-refractivity contribution in [1.29, 1.82) is 0 Å². The van der Waals surface area contributed by atoms with Gasteiger partial charge >= 0.3 is 0 Å². The largest absolute Gasteiger partial charge is 0.493 e. The zero-order valence-corrected chi connectivity index (χ0v) is 16.0. The smallest absolute Gasteiger partial charge is 0.273 e. The maximum atomic E-state index is 12.6. The monoisotopic (exact) mass is 381 g/mol. The van der Waals surface area contributed by atoms with Crippen LogP contribution in [0, 0.1) is 0 Å². The lowest BCUT2D eigenvalue weighted by Gasteiger charge is -2.28. The molecule has 3 aromatic rings. The van der Waals surface area contributed by atoms with E-state index in [-0.39, 0.29) is 5.91 Å². The Kier molecular flexibility index (Phi) is 4.77. The molecule has 3 heterocycles. The number of hydrogen-bond donors (Lipinski definition) is 0. The summed E-state index contributed by atoms with van der Waals surface area (Å²) in [6.45, 7) is 1.20. The van der Waals surface area contributed by atoms with Crippen molar-refractivity contribution < 1.29 is 14.3 Å². The third kappa shape index (κ3) is 3.38. The lowest BCUT2D eigenvalue weighted by atomic mass is 10.00. The van der Waals surface area contributed by atoms with E-state index in [0.717, 1.165) is 28.8 Å². The van der Waals surface area contributed by atoms with Gasteiger partial charge in [0.2, 0.25) is 0 Å². The number of amides is 1. The summed E-state index contributed by atoms with van der Waals surface area (Å²) < 4.78 is 10.7. The number of rotatable bonds is 4. The van der Waals surface area contributed by atoms with E-state index in [1.807, 2.05) is 29.3 Å². The number of hydrogen-bond acceptors (Lipinski definition) is 6. The molecular weight excluding hydrogens is 362 g/mol. The Labute approximate surface area is 161 Å². The third-order valence-corrected chi connectivity index (χ3v) is 5.28. The van der Waals surface area contributed by atoms with Crippen LogP contribution in [-0.4, -0.2) is 41.5 Å². The SMILES string of the molecule is COc1ccc(-c2cnc3c(c2)CN(C(=O)c2cscn2)CC3)cc1OC. The molecule has 138 valence electrons. The Morgan fingerprint density at radius 3 is 2.70 bits per heavy atom. The van der Waals surface area contributed by atoms with Gasteiger partial charge in [-0.2, -0.15) is 0 Å².